The van der Waals surface area contributed by atoms with E-state index in [1.165, 1.54) is 5.56 Å². The highest BCUT2D eigenvalue weighted by atomic mass is 79.9. The van der Waals surface area contributed by atoms with Crippen LogP contribution in [0, 0.1) is 6.92 Å². The van der Waals surface area contributed by atoms with Crippen molar-refractivity contribution in [3.05, 3.63) is 59.9 Å². The molecule has 0 aliphatic carbocycles. The minimum absolute atomic E-state index is 0. The van der Waals surface area contributed by atoms with Crippen molar-refractivity contribution in [3.63, 3.8) is 0 Å². The van der Waals surface area contributed by atoms with Crippen LogP contribution in [-0.2, 0) is 6.54 Å². The van der Waals surface area contributed by atoms with Gasteiger partial charge in [0, 0.05) is 18.6 Å². The Labute approximate surface area is 106 Å². The molecule has 2 nitrogen and oxygen atoms in total. The Bertz CT molecular complexity index is 457. The first-order valence-electron chi connectivity index (χ1n) is 4.99. The number of aromatic nitrogens is 1. The Morgan fingerprint density at radius 1 is 1.06 bits per heavy atom. The van der Waals surface area contributed by atoms with Gasteiger partial charge >= 0.3 is 0 Å². The predicted molar refractivity (Wildman–Crippen MR) is 58.6 cm³/mol. The highest BCUT2D eigenvalue weighted by molar-refractivity contribution is 5.15. The highest BCUT2D eigenvalue weighted by Gasteiger charge is 2.07. The van der Waals surface area contributed by atoms with Gasteiger partial charge in [-0.25, -0.2) is 0 Å². The number of rotatable bonds is 2. The van der Waals surface area contributed by atoms with Crippen LogP contribution in [-0.4, -0.2) is 5.11 Å². The van der Waals surface area contributed by atoms with Crippen LogP contribution in [0.3, 0.4) is 0 Å². The second-order valence-electron chi connectivity index (χ2n) is 3.64. The molecule has 1 heterocycles. The highest BCUT2D eigenvalue weighted by Crippen LogP contribution is 2.05. The van der Waals surface area contributed by atoms with Crippen molar-refractivity contribution in [1.29, 1.82) is 0 Å². The minimum Gasteiger partial charge on any atom is -1.00 e. The Morgan fingerprint density at radius 2 is 1.75 bits per heavy atom. The third kappa shape index (κ3) is 3.07. The van der Waals surface area contributed by atoms with Gasteiger partial charge in [-0.15, -0.1) is 0 Å². The van der Waals surface area contributed by atoms with E-state index in [9.17, 15) is 5.11 Å². The zero-order chi connectivity index (χ0) is 10.7. The third-order valence-corrected chi connectivity index (χ3v) is 2.43. The third-order valence-electron chi connectivity index (χ3n) is 2.43. The predicted octanol–water partition coefficient (Wildman–Crippen LogP) is -0.960. The molecule has 0 unspecified atom stereocenters. The molecule has 16 heavy (non-hydrogen) atoms. The minimum atomic E-state index is 0. The quantitative estimate of drug-likeness (QED) is 0.704. The van der Waals surface area contributed by atoms with E-state index in [0.29, 0.717) is 5.75 Å². The van der Waals surface area contributed by atoms with Crippen LogP contribution in [0.5, 0.6) is 5.75 Å². The van der Waals surface area contributed by atoms with Crippen LogP contribution in [0.2, 0.25) is 0 Å². The number of aryl methyl sites for hydroxylation is 1. The molecule has 1 aromatic heterocycles. The maximum atomic E-state index is 9.39. The van der Waals surface area contributed by atoms with E-state index in [2.05, 4.69) is 12.1 Å². The summed E-state index contributed by atoms with van der Waals surface area (Å²) in [6, 6.07) is 13.8. The lowest BCUT2D eigenvalue weighted by molar-refractivity contribution is -0.694. The zero-order valence-corrected chi connectivity index (χ0v) is 10.7. The molecule has 0 bridgehead atoms. The van der Waals surface area contributed by atoms with Crippen LogP contribution >= 0.6 is 0 Å². The summed E-state index contributed by atoms with van der Waals surface area (Å²) in [7, 11) is 0. The summed E-state index contributed by atoms with van der Waals surface area (Å²) in [6.45, 7) is 2.82. The maximum Gasteiger partial charge on any atom is 0.211 e. The van der Waals surface area contributed by atoms with E-state index in [1.54, 1.807) is 12.3 Å². The molecular weight excluding hydrogens is 266 g/mol. The van der Waals surface area contributed by atoms with E-state index >= 15 is 0 Å². The van der Waals surface area contributed by atoms with Gasteiger partial charge in [-0.1, -0.05) is 30.3 Å². The van der Waals surface area contributed by atoms with Crippen molar-refractivity contribution in [3.8, 4) is 5.75 Å². The summed E-state index contributed by atoms with van der Waals surface area (Å²) < 4.78 is 2.03. The van der Waals surface area contributed by atoms with Crippen molar-refractivity contribution in [1.82, 2.24) is 0 Å². The topological polar surface area (TPSA) is 24.1 Å². The molecule has 3 heteroatoms. The largest absolute Gasteiger partial charge is 1.00 e. The van der Waals surface area contributed by atoms with E-state index in [0.717, 1.165) is 12.2 Å². The van der Waals surface area contributed by atoms with Gasteiger partial charge in [-0.05, 0) is 6.07 Å². The van der Waals surface area contributed by atoms with Crippen molar-refractivity contribution < 1.29 is 26.7 Å². The Hall–Kier alpha value is -1.35. The lowest BCUT2D eigenvalue weighted by Crippen LogP contribution is -3.00. The van der Waals surface area contributed by atoms with E-state index < -0.39 is 0 Å². The molecule has 0 fully saturated rings. The molecule has 0 spiro atoms. The van der Waals surface area contributed by atoms with Gasteiger partial charge in [0.2, 0.25) is 6.20 Å². The number of pyridine rings is 1. The van der Waals surface area contributed by atoms with Gasteiger partial charge in [0.05, 0.1) is 0 Å². The lowest BCUT2D eigenvalue weighted by Gasteiger charge is -2.01. The number of hydrogen-bond acceptors (Lipinski definition) is 1. The summed E-state index contributed by atoms with van der Waals surface area (Å²) in [4.78, 5) is 0. The summed E-state index contributed by atoms with van der Waals surface area (Å²) in [6.07, 6.45) is 1.75. The molecule has 0 radical (unpaired) electrons. The average molecular weight is 280 g/mol. The van der Waals surface area contributed by atoms with Crippen LogP contribution in [0.1, 0.15) is 11.3 Å². The first-order valence-corrected chi connectivity index (χ1v) is 4.99. The molecular formula is C13H14BrNO. The SMILES string of the molecule is Cc1ccc(O)c[n+]1Cc1ccccc1.[Br-]. The van der Waals surface area contributed by atoms with E-state index in [1.807, 2.05) is 35.8 Å². The zero-order valence-electron chi connectivity index (χ0n) is 9.10. The molecule has 0 aliphatic heterocycles. The number of hydrogen-bond donors (Lipinski definition) is 1. The summed E-state index contributed by atoms with van der Waals surface area (Å²) >= 11 is 0. The molecule has 2 aromatic rings. The molecule has 2 rings (SSSR count). The first-order chi connectivity index (χ1) is 7.25. The monoisotopic (exact) mass is 279 g/mol. The second kappa shape index (κ2) is 5.66. The fraction of sp³-hybridized carbons (Fsp3) is 0.154. The van der Waals surface area contributed by atoms with Crippen LogP contribution in [0.25, 0.3) is 0 Å². The normalized spacial score (nSPS) is 9.56. The van der Waals surface area contributed by atoms with Crippen molar-refractivity contribution >= 4 is 0 Å². The maximum absolute atomic E-state index is 9.39. The van der Waals surface area contributed by atoms with Gasteiger partial charge < -0.3 is 22.1 Å². The number of nitrogens with zero attached hydrogens (tertiary/aromatic N) is 1. The lowest BCUT2D eigenvalue weighted by atomic mass is 10.2. The fourth-order valence-corrected chi connectivity index (χ4v) is 1.56. The van der Waals surface area contributed by atoms with Gasteiger partial charge in [-0.3, -0.25) is 0 Å². The van der Waals surface area contributed by atoms with Gasteiger partial charge in [-0.2, -0.15) is 4.57 Å². The number of benzene rings is 1. The molecule has 1 N–H and O–H groups in total. The number of aromatic hydroxyl groups is 1. The van der Waals surface area contributed by atoms with E-state index in [-0.39, 0.29) is 17.0 Å². The van der Waals surface area contributed by atoms with Gasteiger partial charge in [0.25, 0.3) is 0 Å². The van der Waals surface area contributed by atoms with Crippen molar-refractivity contribution in [2.24, 2.45) is 0 Å². The molecule has 0 saturated heterocycles. The Morgan fingerprint density at radius 3 is 2.44 bits per heavy atom. The van der Waals surface area contributed by atoms with Crippen LogP contribution in [0.15, 0.2) is 48.7 Å². The smallest absolute Gasteiger partial charge is 0.211 e. The molecule has 0 aliphatic rings. The second-order valence-corrected chi connectivity index (χ2v) is 3.64. The van der Waals surface area contributed by atoms with E-state index in [4.69, 9.17) is 0 Å². The average Bonchev–Trinajstić information content (AvgIpc) is 2.25. The Kier molecular flexibility index (Phi) is 4.50. The molecule has 0 atom stereocenters. The Balaban J connectivity index is 0.00000128. The van der Waals surface area contributed by atoms with Gasteiger partial charge in [0.1, 0.15) is 0 Å². The van der Waals surface area contributed by atoms with Gasteiger partial charge in [0.15, 0.2) is 18.0 Å². The standard InChI is InChI=1S/C13H13NO.BrH/c1-11-7-8-13(15)10-14(11)9-12-5-3-2-4-6-12;/h2-8,10H,9H2,1H3;1H. The molecule has 0 saturated carbocycles. The summed E-state index contributed by atoms with van der Waals surface area (Å²) in [5.41, 5.74) is 2.37. The summed E-state index contributed by atoms with van der Waals surface area (Å²) in [5, 5.41) is 9.39. The summed E-state index contributed by atoms with van der Waals surface area (Å²) in [5.74, 6) is 0.302. The first kappa shape index (κ1) is 12.7. The number of halogens is 1. The van der Waals surface area contributed by atoms with Crippen LogP contribution < -0.4 is 21.5 Å². The molecule has 0 amide bonds. The van der Waals surface area contributed by atoms with Crippen molar-refractivity contribution in [2.45, 2.75) is 13.5 Å². The van der Waals surface area contributed by atoms with Crippen molar-refractivity contribution in [2.75, 3.05) is 0 Å². The molecule has 84 valence electrons. The van der Waals surface area contributed by atoms with Crippen LogP contribution in [0.4, 0.5) is 0 Å². The fourth-order valence-electron chi connectivity index (χ4n) is 1.56. The molecule has 1 aromatic carbocycles.